The zero-order valence-electron chi connectivity index (χ0n) is 6.49. The molecular formula is C8H8N2O2. The minimum absolute atomic E-state index is 0.191. The first-order valence-electron chi connectivity index (χ1n) is 3.86. The highest BCUT2D eigenvalue weighted by molar-refractivity contribution is 5.73. The van der Waals surface area contributed by atoms with Crippen LogP contribution in [0, 0.1) is 0 Å². The molecule has 0 saturated carbocycles. The molecule has 2 heterocycles. The molecule has 0 aliphatic carbocycles. The number of aromatic nitrogens is 2. The van der Waals surface area contributed by atoms with E-state index in [0.717, 1.165) is 18.5 Å². The molecule has 0 bridgehead atoms. The number of aryl methyl sites for hydroxylation is 1. The van der Waals surface area contributed by atoms with Gasteiger partial charge in [0.05, 0.1) is 11.9 Å². The van der Waals surface area contributed by atoms with Gasteiger partial charge in [-0.3, -0.25) is 4.79 Å². The lowest BCUT2D eigenvalue weighted by molar-refractivity contribution is -0.134. The van der Waals surface area contributed by atoms with E-state index in [1.54, 1.807) is 0 Å². The van der Waals surface area contributed by atoms with Gasteiger partial charge in [0.25, 0.3) is 0 Å². The third-order valence-electron chi connectivity index (χ3n) is 1.77. The van der Waals surface area contributed by atoms with Crippen molar-refractivity contribution < 1.29 is 9.53 Å². The van der Waals surface area contributed by atoms with Crippen molar-refractivity contribution in [1.82, 2.24) is 9.97 Å². The van der Waals surface area contributed by atoms with Crippen LogP contribution < -0.4 is 4.74 Å². The van der Waals surface area contributed by atoms with Crippen molar-refractivity contribution in [3.05, 3.63) is 18.2 Å². The van der Waals surface area contributed by atoms with Gasteiger partial charge in [0.1, 0.15) is 6.33 Å². The lowest BCUT2D eigenvalue weighted by Gasteiger charge is -2.01. The van der Waals surface area contributed by atoms with Crippen molar-refractivity contribution in [1.29, 1.82) is 0 Å². The van der Waals surface area contributed by atoms with Crippen LogP contribution in [0.25, 0.3) is 0 Å². The van der Waals surface area contributed by atoms with Crippen LogP contribution in [0.1, 0.15) is 18.5 Å². The Bertz CT molecular complexity index is 312. The van der Waals surface area contributed by atoms with Crippen LogP contribution in [0.15, 0.2) is 12.5 Å². The Labute approximate surface area is 69.6 Å². The van der Waals surface area contributed by atoms with Gasteiger partial charge in [-0.1, -0.05) is 0 Å². The van der Waals surface area contributed by atoms with Crippen molar-refractivity contribution in [2.45, 2.75) is 19.3 Å². The average molecular weight is 164 g/mol. The summed E-state index contributed by atoms with van der Waals surface area (Å²) in [5.41, 5.74) is 0.829. The van der Waals surface area contributed by atoms with Gasteiger partial charge < -0.3 is 4.74 Å². The molecule has 62 valence electrons. The van der Waals surface area contributed by atoms with Crippen molar-refractivity contribution in [2.75, 3.05) is 0 Å². The van der Waals surface area contributed by atoms with E-state index in [-0.39, 0.29) is 5.97 Å². The molecule has 0 radical (unpaired) electrons. The van der Waals surface area contributed by atoms with E-state index in [1.165, 1.54) is 12.5 Å². The number of hydrogen-bond donors (Lipinski definition) is 0. The number of esters is 1. The smallest absolute Gasteiger partial charge is 0.311 e. The molecular weight excluding hydrogens is 156 g/mol. The fourth-order valence-corrected chi connectivity index (χ4v) is 1.19. The first-order valence-corrected chi connectivity index (χ1v) is 3.86. The first kappa shape index (κ1) is 7.21. The summed E-state index contributed by atoms with van der Waals surface area (Å²) < 4.78 is 4.99. The Morgan fingerprint density at radius 2 is 2.33 bits per heavy atom. The van der Waals surface area contributed by atoms with Crippen molar-refractivity contribution in [3.63, 3.8) is 0 Å². The maximum atomic E-state index is 11.0. The molecule has 2 rings (SSSR count). The zero-order valence-corrected chi connectivity index (χ0v) is 6.49. The van der Waals surface area contributed by atoms with Crippen LogP contribution in [0.2, 0.25) is 0 Å². The van der Waals surface area contributed by atoms with Crippen LogP contribution >= 0.6 is 0 Å². The Hall–Kier alpha value is -1.45. The normalized spacial score (nSPS) is 16.2. The molecule has 1 aliphatic rings. The predicted molar refractivity (Wildman–Crippen MR) is 40.6 cm³/mol. The van der Waals surface area contributed by atoms with Crippen LogP contribution in [0.4, 0.5) is 0 Å². The topological polar surface area (TPSA) is 52.1 Å². The Kier molecular flexibility index (Phi) is 1.74. The minimum atomic E-state index is -0.191. The second-order valence-corrected chi connectivity index (χ2v) is 2.66. The number of carbonyl (C=O) groups is 1. The maximum Gasteiger partial charge on any atom is 0.311 e. The van der Waals surface area contributed by atoms with Crippen molar-refractivity contribution >= 4 is 5.97 Å². The summed E-state index contributed by atoms with van der Waals surface area (Å²) in [5, 5.41) is 0. The molecule has 0 fully saturated rings. The molecule has 0 unspecified atom stereocenters. The summed E-state index contributed by atoms with van der Waals surface area (Å²) in [6.07, 6.45) is 5.08. The average Bonchev–Trinajstić information content (AvgIpc) is 2.25. The standard InChI is InChI=1S/C8H8N2O2/c11-8-3-1-2-6-7(12-8)4-9-5-10-6/h4-5H,1-3H2. The third kappa shape index (κ3) is 1.28. The van der Waals surface area contributed by atoms with Crippen molar-refractivity contribution in [3.8, 4) is 5.75 Å². The van der Waals surface area contributed by atoms with Gasteiger partial charge in [0, 0.05) is 6.42 Å². The van der Waals surface area contributed by atoms with E-state index in [0.29, 0.717) is 12.2 Å². The predicted octanol–water partition coefficient (Wildman–Crippen LogP) is 0.718. The van der Waals surface area contributed by atoms with Crippen LogP contribution in [0.5, 0.6) is 5.75 Å². The highest BCUT2D eigenvalue weighted by Crippen LogP contribution is 2.20. The summed E-state index contributed by atoms with van der Waals surface area (Å²) in [5.74, 6) is 0.323. The summed E-state index contributed by atoms with van der Waals surface area (Å²) in [6.45, 7) is 0. The fourth-order valence-electron chi connectivity index (χ4n) is 1.19. The molecule has 0 atom stereocenters. The molecule has 0 amide bonds. The molecule has 0 saturated heterocycles. The van der Waals surface area contributed by atoms with Gasteiger partial charge in [0.15, 0.2) is 5.75 Å². The SMILES string of the molecule is O=C1CCCc2ncncc2O1. The molecule has 0 spiro atoms. The van der Waals surface area contributed by atoms with Crippen LogP contribution in [-0.4, -0.2) is 15.9 Å². The first-order chi connectivity index (χ1) is 5.86. The van der Waals surface area contributed by atoms with E-state index < -0.39 is 0 Å². The summed E-state index contributed by atoms with van der Waals surface area (Å²) in [4.78, 5) is 18.8. The Morgan fingerprint density at radius 1 is 1.42 bits per heavy atom. The third-order valence-corrected chi connectivity index (χ3v) is 1.77. The minimum Gasteiger partial charge on any atom is -0.423 e. The molecule has 12 heavy (non-hydrogen) atoms. The fraction of sp³-hybridized carbons (Fsp3) is 0.375. The molecule has 4 heteroatoms. The molecule has 4 nitrogen and oxygen atoms in total. The number of nitrogens with zero attached hydrogens (tertiary/aromatic N) is 2. The Balaban J connectivity index is 2.37. The Morgan fingerprint density at radius 3 is 3.25 bits per heavy atom. The quantitative estimate of drug-likeness (QED) is 0.530. The lowest BCUT2D eigenvalue weighted by atomic mass is 10.2. The van der Waals surface area contributed by atoms with Gasteiger partial charge in [-0.05, 0) is 12.8 Å². The molecule has 0 N–H and O–H groups in total. The summed E-state index contributed by atoms with van der Waals surface area (Å²) in [7, 11) is 0. The van der Waals surface area contributed by atoms with Crippen molar-refractivity contribution in [2.24, 2.45) is 0 Å². The van der Waals surface area contributed by atoms with Gasteiger partial charge in [-0.15, -0.1) is 0 Å². The monoisotopic (exact) mass is 164 g/mol. The number of fused-ring (bicyclic) bond motifs is 1. The van der Waals surface area contributed by atoms with E-state index in [9.17, 15) is 4.79 Å². The highest BCUT2D eigenvalue weighted by Gasteiger charge is 2.15. The van der Waals surface area contributed by atoms with E-state index in [4.69, 9.17) is 4.74 Å². The van der Waals surface area contributed by atoms with Crippen LogP contribution in [-0.2, 0) is 11.2 Å². The summed E-state index contributed by atoms with van der Waals surface area (Å²) >= 11 is 0. The van der Waals surface area contributed by atoms with Crippen LogP contribution in [0.3, 0.4) is 0 Å². The van der Waals surface area contributed by atoms with Gasteiger partial charge >= 0.3 is 5.97 Å². The molecule has 1 aromatic rings. The largest absolute Gasteiger partial charge is 0.423 e. The molecule has 1 aromatic heterocycles. The second-order valence-electron chi connectivity index (χ2n) is 2.66. The van der Waals surface area contributed by atoms with Gasteiger partial charge in [-0.2, -0.15) is 0 Å². The number of rotatable bonds is 0. The molecule has 1 aliphatic heterocycles. The maximum absolute atomic E-state index is 11.0. The highest BCUT2D eigenvalue weighted by atomic mass is 16.5. The summed E-state index contributed by atoms with van der Waals surface area (Å²) in [6, 6.07) is 0. The van der Waals surface area contributed by atoms with E-state index in [1.807, 2.05) is 0 Å². The van der Waals surface area contributed by atoms with Gasteiger partial charge in [0.2, 0.25) is 0 Å². The number of hydrogen-bond acceptors (Lipinski definition) is 4. The van der Waals surface area contributed by atoms with Gasteiger partial charge in [-0.25, -0.2) is 9.97 Å². The number of carbonyl (C=O) groups excluding carboxylic acids is 1. The van der Waals surface area contributed by atoms with E-state index >= 15 is 0 Å². The zero-order chi connectivity index (χ0) is 8.39. The lowest BCUT2D eigenvalue weighted by Crippen LogP contribution is -2.05. The molecule has 0 aromatic carbocycles. The van der Waals surface area contributed by atoms with E-state index in [2.05, 4.69) is 9.97 Å². The second kappa shape index (κ2) is 2.89. The number of ether oxygens (including phenoxy) is 1.